The SMILES string of the molecule is CSC(=Nc1cccc(C2OC(C)(C)C(C)(C)O2)c1)NC#N. The number of nitriles is 1. The molecule has 6 heteroatoms. The van der Waals surface area contributed by atoms with E-state index in [-0.39, 0.29) is 11.2 Å². The minimum absolute atomic E-state index is 0.371. The van der Waals surface area contributed by atoms with Gasteiger partial charge in [-0.3, -0.25) is 5.32 Å². The van der Waals surface area contributed by atoms with E-state index in [2.05, 4.69) is 10.3 Å². The topological polar surface area (TPSA) is 66.6 Å². The van der Waals surface area contributed by atoms with E-state index in [1.54, 1.807) is 0 Å². The molecule has 1 aliphatic heterocycles. The molecule has 0 bridgehead atoms. The molecule has 1 saturated heterocycles. The lowest BCUT2D eigenvalue weighted by atomic mass is 9.90. The van der Waals surface area contributed by atoms with Gasteiger partial charge >= 0.3 is 0 Å². The molecule has 0 radical (unpaired) electrons. The Morgan fingerprint density at radius 2 is 1.91 bits per heavy atom. The lowest BCUT2D eigenvalue weighted by molar-refractivity contribution is -0.0895. The summed E-state index contributed by atoms with van der Waals surface area (Å²) in [5, 5.41) is 11.8. The van der Waals surface area contributed by atoms with E-state index >= 15 is 0 Å². The second-order valence-corrected chi connectivity index (χ2v) is 6.84. The summed E-state index contributed by atoms with van der Waals surface area (Å²) in [5.41, 5.74) is 0.921. The summed E-state index contributed by atoms with van der Waals surface area (Å²) in [4.78, 5) is 4.41. The number of benzene rings is 1. The summed E-state index contributed by atoms with van der Waals surface area (Å²) in [7, 11) is 0. The third-order valence-corrected chi connectivity index (χ3v) is 4.56. The molecule has 0 aliphatic carbocycles. The number of amidine groups is 1. The van der Waals surface area contributed by atoms with Crippen molar-refractivity contribution in [2.24, 2.45) is 4.99 Å². The number of hydrogen-bond donors (Lipinski definition) is 1. The van der Waals surface area contributed by atoms with Crippen LogP contribution < -0.4 is 5.32 Å². The van der Waals surface area contributed by atoms with E-state index in [4.69, 9.17) is 14.7 Å². The molecule has 0 spiro atoms. The molecule has 1 N–H and O–H groups in total. The average Bonchev–Trinajstić information content (AvgIpc) is 2.67. The van der Waals surface area contributed by atoms with Crippen molar-refractivity contribution in [3.05, 3.63) is 29.8 Å². The van der Waals surface area contributed by atoms with Crippen LogP contribution in [0, 0.1) is 11.5 Å². The van der Waals surface area contributed by atoms with Gasteiger partial charge in [-0.2, -0.15) is 5.26 Å². The molecule has 1 fully saturated rings. The maximum atomic E-state index is 8.69. The highest BCUT2D eigenvalue weighted by Crippen LogP contribution is 2.45. The Morgan fingerprint density at radius 1 is 1.27 bits per heavy atom. The van der Waals surface area contributed by atoms with Crippen LogP contribution in [0.2, 0.25) is 0 Å². The van der Waals surface area contributed by atoms with Crippen molar-refractivity contribution in [2.75, 3.05) is 6.26 Å². The smallest absolute Gasteiger partial charge is 0.185 e. The number of nitrogens with zero attached hydrogens (tertiary/aromatic N) is 2. The highest BCUT2D eigenvalue weighted by Gasteiger charge is 2.49. The predicted octanol–water partition coefficient (Wildman–Crippen LogP) is 3.71. The first-order chi connectivity index (χ1) is 10.3. The summed E-state index contributed by atoms with van der Waals surface area (Å²) in [6.07, 6.45) is 3.33. The minimum atomic E-state index is -0.415. The zero-order valence-electron chi connectivity index (χ0n) is 13.5. The average molecular weight is 319 g/mol. The molecule has 0 saturated carbocycles. The fraction of sp³-hybridized carbons (Fsp3) is 0.500. The molecule has 1 aliphatic rings. The molecule has 5 nitrogen and oxygen atoms in total. The maximum absolute atomic E-state index is 8.69. The fourth-order valence-electron chi connectivity index (χ4n) is 2.01. The number of nitrogens with one attached hydrogen (secondary N) is 1. The molecule has 0 atom stereocenters. The second-order valence-electron chi connectivity index (χ2n) is 6.04. The minimum Gasteiger partial charge on any atom is -0.339 e. The Morgan fingerprint density at radius 3 is 2.45 bits per heavy atom. The van der Waals surface area contributed by atoms with Crippen LogP contribution in [0.3, 0.4) is 0 Å². The Bertz CT molecular complexity index is 604. The van der Waals surface area contributed by atoms with Gasteiger partial charge in [0, 0.05) is 5.56 Å². The maximum Gasteiger partial charge on any atom is 0.185 e. The van der Waals surface area contributed by atoms with Crippen LogP contribution in [-0.2, 0) is 9.47 Å². The number of hydrogen-bond acceptors (Lipinski definition) is 5. The van der Waals surface area contributed by atoms with Crippen molar-refractivity contribution >= 4 is 22.6 Å². The Hall–Kier alpha value is -1.55. The van der Waals surface area contributed by atoms with E-state index in [0.29, 0.717) is 5.17 Å². The molecule has 0 amide bonds. The van der Waals surface area contributed by atoms with E-state index in [0.717, 1.165) is 11.3 Å². The van der Waals surface area contributed by atoms with Crippen molar-refractivity contribution in [3.63, 3.8) is 0 Å². The Balaban J connectivity index is 2.25. The zero-order valence-corrected chi connectivity index (χ0v) is 14.3. The lowest BCUT2D eigenvalue weighted by Gasteiger charge is -2.30. The van der Waals surface area contributed by atoms with Gasteiger partial charge in [0.15, 0.2) is 17.7 Å². The first-order valence-corrected chi connectivity index (χ1v) is 8.25. The fourth-order valence-corrected chi connectivity index (χ4v) is 2.35. The van der Waals surface area contributed by atoms with Gasteiger partial charge in [0.25, 0.3) is 0 Å². The summed E-state index contributed by atoms with van der Waals surface area (Å²) in [6, 6.07) is 7.66. The van der Waals surface area contributed by atoms with Crippen LogP contribution in [-0.4, -0.2) is 22.6 Å². The van der Waals surface area contributed by atoms with Gasteiger partial charge in [-0.15, -0.1) is 0 Å². The predicted molar refractivity (Wildman–Crippen MR) is 88.9 cm³/mol. The summed E-state index contributed by atoms with van der Waals surface area (Å²) < 4.78 is 12.1. The quantitative estimate of drug-likeness (QED) is 0.389. The summed E-state index contributed by atoms with van der Waals surface area (Å²) in [6.45, 7) is 8.10. The summed E-state index contributed by atoms with van der Waals surface area (Å²) in [5.74, 6) is 0. The van der Waals surface area contributed by atoms with Crippen LogP contribution in [0.25, 0.3) is 0 Å². The third kappa shape index (κ3) is 3.43. The van der Waals surface area contributed by atoms with Gasteiger partial charge in [0.05, 0.1) is 16.9 Å². The highest BCUT2D eigenvalue weighted by atomic mass is 32.2. The van der Waals surface area contributed by atoms with Gasteiger partial charge in [-0.1, -0.05) is 23.9 Å². The molecule has 0 aromatic heterocycles. The van der Waals surface area contributed by atoms with Crippen molar-refractivity contribution in [1.29, 1.82) is 5.26 Å². The first-order valence-electron chi connectivity index (χ1n) is 7.02. The van der Waals surface area contributed by atoms with Gasteiger partial charge in [-0.05, 0) is 46.1 Å². The molecule has 22 heavy (non-hydrogen) atoms. The number of thioether (sulfide) groups is 1. The Kier molecular flexibility index (Phi) is 4.81. The first kappa shape index (κ1) is 16.8. The second kappa shape index (κ2) is 6.29. The van der Waals surface area contributed by atoms with Gasteiger partial charge in [0.1, 0.15) is 0 Å². The van der Waals surface area contributed by atoms with Gasteiger partial charge < -0.3 is 9.47 Å². The zero-order chi connectivity index (χ0) is 16.4. The largest absolute Gasteiger partial charge is 0.339 e. The number of aliphatic imine (C=N–C) groups is 1. The molecule has 1 heterocycles. The monoisotopic (exact) mass is 319 g/mol. The Labute approximate surface area is 135 Å². The third-order valence-electron chi connectivity index (χ3n) is 3.98. The summed E-state index contributed by atoms with van der Waals surface area (Å²) >= 11 is 1.38. The van der Waals surface area contributed by atoms with Crippen molar-refractivity contribution in [1.82, 2.24) is 5.32 Å². The molecular formula is C16H21N3O2S. The van der Waals surface area contributed by atoms with E-state index in [1.807, 2.05) is 64.4 Å². The molecule has 1 aromatic carbocycles. The van der Waals surface area contributed by atoms with E-state index in [1.165, 1.54) is 11.8 Å². The van der Waals surface area contributed by atoms with Crippen LogP contribution in [0.15, 0.2) is 29.3 Å². The van der Waals surface area contributed by atoms with Crippen molar-refractivity contribution in [2.45, 2.75) is 45.2 Å². The van der Waals surface area contributed by atoms with E-state index < -0.39 is 6.29 Å². The molecule has 118 valence electrons. The van der Waals surface area contributed by atoms with Crippen LogP contribution >= 0.6 is 11.8 Å². The van der Waals surface area contributed by atoms with E-state index in [9.17, 15) is 0 Å². The van der Waals surface area contributed by atoms with Crippen molar-refractivity contribution < 1.29 is 9.47 Å². The normalized spacial score (nSPS) is 20.6. The number of rotatable bonds is 2. The molecule has 0 unspecified atom stereocenters. The van der Waals surface area contributed by atoms with Crippen LogP contribution in [0.4, 0.5) is 5.69 Å². The number of ether oxygens (including phenoxy) is 2. The lowest BCUT2D eigenvalue weighted by Crippen LogP contribution is -2.41. The van der Waals surface area contributed by atoms with Gasteiger partial charge in [0.2, 0.25) is 0 Å². The highest BCUT2D eigenvalue weighted by molar-refractivity contribution is 8.13. The molecule has 2 rings (SSSR count). The van der Waals surface area contributed by atoms with Gasteiger partial charge in [-0.25, -0.2) is 4.99 Å². The molecule has 1 aromatic rings. The molecular weight excluding hydrogens is 298 g/mol. The standard InChI is InChI=1S/C16H21N3O2S/c1-15(2)16(3,4)21-13(20-15)11-7-6-8-12(9-11)19-14(22-5)18-10-17/h6-9,13H,1-5H3,(H,18,19). The van der Waals surface area contributed by atoms with Crippen molar-refractivity contribution in [3.8, 4) is 6.19 Å². The van der Waals surface area contributed by atoms with Crippen LogP contribution in [0.1, 0.15) is 39.5 Å². The van der Waals surface area contributed by atoms with Crippen LogP contribution in [0.5, 0.6) is 0 Å².